The van der Waals surface area contributed by atoms with E-state index in [2.05, 4.69) is 35.8 Å². The molecule has 0 radical (unpaired) electrons. The van der Waals surface area contributed by atoms with Gasteiger partial charge in [0.05, 0.1) is 29.1 Å². The molecule has 0 spiro atoms. The van der Waals surface area contributed by atoms with Crippen LogP contribution in [0.2, 0.25) is 0 Å². The summed E-state index contributed by atoms with van der Waals surface area (Å²) in [4.78, 5) is 36.7. The molecule has 2 aromatic heterocycles. The van der Waals surface area contributed by atoms with Crippen LogP contribution in [0.3, 0.4) is 0 Å². The van der Waals surface area contributed by atoms with E-state index < -0.39 is 38.2 Å². The predicted molar refractivity (Wildman–Crippen MR) is 177 cm³/mol. The number of amides is 2. The molecule has 46 heavy (non-hydrogen) atoms. The molecule has 5 atom stereocenters. The maximum Gasteiger partial charge on any atom is 0.259 e. The zero-order valence-corrected chi connectivity index (χ0v) is 28.6. The third-order valence-corrected chi connectivity index (χ3v) is 12.8. The third kappa shape index (κ3) is 5.56. The van der Waals surface area contributed by atoms with Crippen molar-refractivity contribution in [2.75, 3.05) is 13.7 Å². The molecule has 1 aromatic carbocycles. The van der Waals surface area contributed by atoms with Gasteiger partial charge in [0.1, 0.15) is 33.8 Å². The Morgan fingerprint density at radius 1 is 1.22 bits per heavy atom. The van der Waals surface area contributed by atoms with Gasteiger partial charge in [-0.3, -0.25) is 14.3 Å². The lowest BCUT2D eigenvalue weighted by molar-refractivity contribution is -0.130. The lowest BCUT2D eigenvalue weighted by Gasteiger charge is -2.25. The highest BCUT2D eigenvalue weighted by molar-refractivity contribution is 7.91. The molecule has 3 aromatic rings. The number of carbonyl (C=O) groups is 2. The highest BCUT2D eigenvalue weighted by atomic mass is 32.2. The van der Waals surface area contributed by atoms with E-state index in [4.69, 9.17) is 19.4 Å². The highest BCUT2D eigenvalue weighted by Gasteiger charge is 2.62. The van der Waals surface area contributed by atoms with E-state index in [1.54, 1.807) is 20.1 Å². The van der Waals surface area contributed by atoms with Gasteiger partial charge in [-0.05, 0) is 51.2 Å². The van der Waals surface area contributed by atoms with Gasteiger partial charge in [-0.25, -0.2) is 18.4 Å². The zero-order valence-electron chi connectivity index (χ0n) is 27.0. The number of methoxy groups -OCH3 is 1. The minimum Gasteiger partial charge on any atom is -0.496 e. The minimum atomic E-state index is -3.86. The van der Waals surface area contributed by atoms with E-state index in [0.29, 0.717) is 36.6 Å². The van der Waals surface area contributed by atoms with Crippen molar-refractivity contribution in [2.45, 2.75) is 82.2 Å². The van der Waals surface area contributed by atoms with Crippen molar-refractivity contribution in [3.8, 4) is 22.2 Å². The monoisotopic (exact) mass is 667 g/mol. The van der Waals surface area contributed by atoms with Crippen molar-refractivity contribution in [3.63, 3.8) is 0 Å². The van der Waals surface area contributed by atoms with Crippen LogP contribution in [-0.4, -0.2) is 66.3 Å². The molecule has 11 nitrogen and oxygen atoms in total. The highest BCUT2D eigenvalue weighted by Crippen LogP contribution is 2.47. The smallest absolute Gasteiger partial charge is 0.259 e. The number of pyridine rings is 1. The van der Waals surface area contributed by atoms with Crippen molar-refractivity contribution < 1.29 is 27.5 Å². The first-order valence-electron chi connectivity index (χ1n) is 15.6. The number of benzene rings is 1. The number of hydrogen-bond donors (Lipinski definition) is 3. The van der Waals surface area contributed by atoms with Crippen molar-refractivity contribution in [1.29, 1.82) is 0 Å². The molecule has 13 heteroatoms. The Bertz CT molecular complexity index is 1830. The van der Waals surface area contributed by atoms with Crippen LogP contribution < -0.4 is 24.8 Å². The number of carbonyl (C=O) groups excluding carboxylic acids is 2. The average molecular weight is 668 g/mol. The molecule has 0 unspecified atom stereocenters. The first kappa shape index (κ1) is 32.4. The van der Waals surface area contributed by atoms with Gasteiger partial charge in [0.2, 0.25) is 15.9 Å². The molecule has 2 saturated carbocycles. The third-order valence-electron chi connectivity index (χ3n) is 9.79. The zero-order chi connectivity index (χ0) is 33.2. The Balaban J connectivity index is 1.23. The number of sulfonamides is 1. The predicted octanol–water partition coefficient (Wildman–Crippen LogP) is 4.21. The van der Waals surface area contributed by atoms with Gasteiger partial charge in [-0.15, -0.1) is 17.9 Å². The summed E-state index contributed by atoms with van der Waals surface area (Å²) in [5, 5.41) is 9.78. The molecule has 3 fully saturated rings. The maximum absolute atomic E-state index is 13.7. The number of thiazole rings is 1. The van der Waals surface area contributed by atoms with Gasteiger partial charge in [-0.1, -0.05) is 26.8 Å². The van der Waals surface area contributed by atoms with Crippen molar-refractivity contribution in [3.05, 3.63) is 47.5 Å². The molecule has 3 heterocycles. The Hall–Kier alpha value is -3.55. The number of rotatable bonds is 11. The van der Waals surface area contributed by atoms with Crippen LogP contribution >= 0.6 is 11.3 Å². The molecular weight excluding hydrogens is 627 g/mol. The van der Waals surface area contributed by atoms with E-state index in [1.807, 2.05) is 37.4 Å². The number of nitrogens with zero attached hydrogens (tertiary/aromatic N) is 2. The molecule has 3 N–H and O–H groups in total. The van der Waals surface area contributed by atoms with Crippen LogP contribution in [0.25, 0.3) is 21.6 Å². The maximum atomic E-state index is 13.7. The van der Waals surface area contributed by atoms with Gasteiger partial charge in [0, 0.05) is 40.8 Å². The van der Waals surface area contributed by atoms with Crippen LogP contribution in [0, 0.1) is 18.8 Å². The first-order valence-corrected chi connectivity index (χ1v) is 18.0. The van der Waals surface area contributed by atoms with Crippen LogP contribution in [0.15, 0.2) is 36.2 Å². The van der Waals surface area contributed by atoms with Gasteiger partial charge in [0.25, 0.3) is 5.91 Å². The number of hydrogen-bond acceptors (Lipinski definition) is 10. The molecule has 3 aliphatic rings. The topological polar surface area (TPSA) is 149 Å². The second-order valence-electron chi connectivity index (χ2n) is 13.3. The molecule has 0 bridgehead atoms. The van der Waals surface area contributed by atoms with Gasteiger partial charge in [0.15, 0.2) is 0 Å². The standard InChI is InChI=1S/C33H41N5O6S2/c1-8-20-14-33(20,31(40)38-46(41,42)32(6)11-12-32)37-29(39)28-19(5)26(15-34-28)44-25-13-22(30-36-23(16-45-30)17(2)3)35-27-18(4)24(43-7)10-9-21(25)27/h8-10,13,16-17,19-20,26,28,34H,1,11-12,14-15H2,2-7H3,(H,37,39)(H,38,40)/t19-,20-,26+,28+,33-/m1/s1. The largest absolute Gasteiger partial charge is 0.496 e. The molecular formula is C33H41N5O6S2. The van der Waals surface area contributed by atoms with Crippen molar-refractivity contribution in [1.82, 2.24) is 25.3 Å². The number of ether oxygens (including phenoxy) is 2. The summed E-state index contributed by atoms with van der Waals surface area (Å²) in [5.74, 6) is -0.146. The molecule has 1 aliphatic heterocycles. The number of nitrogens with one attached hydrogen (secondary N) is 3. The average Bonchev–Trinajstić information content (AvgIpc) is 3.82. The lowest BCUT2D eigenvalue weighted by atomic mass is 9.99. The Morgan fingerprint density at radius 2 is 1.96 bits per heavy atom. The summed E-state index contributed by atoms with van der Waals surface area (Å²) in [6, 6.07) is 5.04. The number of fused-ring (bicyclic) bond motifs is 1. The van der Waals surface area contributed by atoms with Crippen molar-refractivity contribution in [2.24, 2.45) is 11.8 Å². The number of aromatic nitrogens is 2. The summed E-state index contributed by atoms with van der Waals surface area (Å²) in [7, 11) is -2.23. The second-order valence-corrected chi connectivity index (χ2v) is 16.4. The van der Waals surface area contributed by atoms with E-state index in [1.165, 1.54) is 11.3 Å². The SMILES string of the molecule is C=C[C@@H]1C[C@]1(NC(=O)[C@H]1NC[C@H](Oc2cc(-c3nc(C(C)C)cs3)nc3c(C)c(OC)ccc23)[C@H]1C)C(=O)NS(=O)(=O)C1(C)CC1. The Kier molecular flexibility index (Phi) is 8.17. The molecule has 2 amide bonds. The fraction of sp³-hybridized carbons (Fsp3) is 0.515. The molecule has 2 aliphatic carbocycles. The molecule has 1 saturated heterocycles. The van der Waals surface area contributed by atoms with Crippen LogP contribution in [0.5, 0.6) is 11.5 Å². The normalized spacial score (nSPS) is 26.5. The quantitative estimate of drug-likeness (QED) is 0.256. The van der Waals surface area contributed by atoms with Crippen LogP contribution in [0.1, 0.15) is 64.1 Å². The van der Waals surface area contributed by atoms with Crippen LogP contribution in [-0.2, 0) is 19.6 Å². The summed E-state index contributed by atoms with van der Waals surface area (Å²) < 4.78 is 39.1. The fourth-order valence-corrected chi connectivity index (χ4v) is 8.31. The van der Waals surface area contributed by atoms with E-state index in [0.717, 1.165) is 27.2 Å². The van der Waals surface area contributed by atoms with E-state index in [-0.39, 0.29) is 30.3 Å². The van der Waals surface area contributed by atoms with E-state index in [9.17, 15) is 18.0 Å². The summed E-state index contributed by atoms with van der Waals surface area (Å²) in [6.45, 7) is 13.9. The van der Waals surface area contributed by atoms with Crippen LogP contribution in [0.4, 0.5) is 0 Å². The van der Waals surface area contributed by atoms with Crippen molar-refractivity contribution >= 4 is 44.1 Å². The second kappa shape index (κ2) is 11.6. The summed E-state index contributed by atoms with van der Waals surface area (Å²) >= 11 is 1.53. The van der Waals surface area contributed by atoms with Gasteiger partial charge >= 0.3 is 0 Å². The first-order chi connectivity index (χ1) is 21.7. The van der Waals surface area contributed by atoms with Gasteiger partial charge in [-0.2, -0.15) is 0 Å². The Morgan fingerprint density at radius 3 is 2.57 bits per heavy atom. The summed E-state index contributed by atoms with van der Waals surface area (Å²) in [6.07, 6.45) is 2.47. The molecule has 6 rings (SSSR count). The fourth-order valence-electron chi connectivity index (χ4n) is 6.06. The Labute approximate surface area is 273 Å². The number of aryl methyl sites for hydroxylation is 1. The summed E-state index contributed by atoms with van der Waals surface area (Å²) in [5.41, 5.74) is 1.95. The minimum absolute atomic E-state index is 0.282. The van der Waals surface area contributed by atoms with E-state index >= 15 is 0 Å². The van der Waals surface area contributed by atoms with Gasteiger partial charge < -0.3 is 20.1 Å². The lowest BCUT2D eigenvalue weighted by Crippen LogP contribution is -2.57. The molecule has 246 valence electrons.